The van der Waals surface area contributed by atoms with Crippen molar-refractivity contribution in [1.82, 2.24) is 4.57 Å². The highest BCUT2D eigenvalue weighted by atomic mass is 32.2. The molecule has 1 heterocycles. The van der Waals surface area contributed by atoms with Crippen molar-refractivity contribution in [1.29, 1.82) is 0 Å². The van der Waals surface area contributed by atoms with Crippen LogP contribution >= 0.6 is 11.8 Å². The van der Waals surface area contributed by atoms with E-state index < -0.39 is 0 Å². The number of aryl methyl sites for hydroxylation is 1. The Morgan fingerprint density at radius 2 is 1.69 bits per heavy atom. The van der Waals surface area contributed by atoms with Gasteiger partial charge in [0.15, 0.2) is 5.78 Å². The molecule has 0 bridgehead atoms. The first-order valence-electron chi connectivity index (χ1n) is 9.28. The van der Waals surface area contributed by atoms with Gasteiger partial charge in [-0.05, 0) is 61.9 Å². The number of anilines is 1. The zero-order valence-electron chi connectivity index (χ0n) is 16.7. The number of carbonyl (C=O) groups is 2. The van der Waals surface area contributed by atoms with Crippen LogP contribution in [-0.2, 0) is 11.3 Å². The second-order valence-electron chi connectivity index (χ2n) is 6.91. The van der Waals surface area contributed by atoms with E-state index in [-0.39, 0.29) is 17.5 Å². The molecule has 0 aliphatic rings. The van der Waals surface area contributed by atoms with E-state index in [0.717, 1.165) is 27.5 Å². The van der Waals surface area contributed by atoms with Gasteiger partial charge in [-0.2, -0.15) is 0 Å². The maximum Gasteiger partial charge on any atom is 0.221 e. The van der Waals surface area contributed by atoms with E-state index in [2.05, 4.69) is 9.88 Å². The average Bonchev–Trinajstić information content (AvgIpc) is 2.97. The van der Waals surface area contributed by atoms with Gasteiger partial charge >= 0.3 is 0 Å². The Hall–Kier alpha value is -2.86. The standard InChI is InChI=1S/C23H23FN2O2S/c1-15-12-22(16(2)26(15)13-18-4-6-19(24)7-5-18)23(28)14-29-21-10-8-20(9-11-21)25-17(3)27/h4-12H,13-14H2,1-3H3,(H,25,27). The van der Waals surface area contributed by atoms with E-state index in [1.165, 1.54) is 30.8 Å². The van der Waals surface area contributed by atoms with Crippen LogP contribution in [0.5, 0.6) is 0 Å². The summed E-state index contributed by atoms with van der Waals surface area (Å²) in [5.74, 6) is 0.0315. The highest BCUT2D eigenvalue weighted by molar-refractivity contribution is 8.00. The van der Waals surface area contributed by atoms with Crippen LogP contribution in [0.25, 0.3) is 0 Å². The van der Waals surface area contributed by atoms with Crippen molar-refractivity contribution >= 4 is 29.1 Å². The molecule has 1 N–H and O–H groups in total. The lowest BCUT2D eigenvalue weighted by Gasteiger charge is -2.10. The highest BCUT2D eigenvalue weighted by Gasteiger charge is 2.16. The van der Waals surface area contributed by atoms with Gasteiger partial charge < -0.3 is 9.88 Å². The van der Waals surface area contributed by atoms with Gasteiger partial charge in [0.1, 0.15) is 5.82 Å². The predicted octanol–water partition coefficient (Wildman–Crippen LogP) is 5.23. The quantitative estimate of drug-likeness (QED) is 0.429. The van der Waals surface area contributed by atoms with Gasteiger partial charge in [0.2, 0.25) is 5.91 Å². The lowest BCUT2D eigenvalue weighted by molar-refractivity contribution is -0.114. The van der Waals surface area contributed by atoms with Crippen LogP contribution in [0.15, 0.2) is 59.5 Å². The minimum Gasteiger partial charge on any atom is -0.344 e. The Labute approximate surface area is 174 Å². The highest BCUT2D eigenvalue weighted by Crippen LogP contribution is 2.24. The molecule has 0 fully saturated rings. The Bertz CT molecular complexity index is 1020. The van der Waals surface area contributed by atoms with Crippen LogP contribution in [0.2, 0.25) is 0 Å². The third-order valence-corrected chi connectivity index (χ3v) is 5.68. The number of hydrogen-bond acceptors (Lipinski definition) is 3. The first-order valence-corrected chi connectivity index (χ1v) is 10.3. The Kier molecular flexibility index (Phi) is 6.54. The molecule has 0 aliphatic heterocycles. The largest absolute Gasteiger partial charge is 0.344 e. The summed E-state index contributed by atoms with van der Waals surface area (Å²) < 4.78 is 15.2. The van der Waals surface area contributed by atoms with E-state index in [9.17, 15) is 14.0 Å². The van der Waals surface area contributed by atoms with Crippen LogP contribution in [0, 0.1) is 19.7 Å². The number of thioether (sulfide) groups is 1. The van der Waals surface area contributed by atoms with Crippen molar-refractivity contribution in [2.24, 2.45) is 0 Å². The number of rotatable bonds is 7. The first kappa shape index (κ1) is 20.9. The third kappa shape index (κ3) is 5.35. The molecule has 0 aliphatic carbocycles. The summed E-state index contributed by atoms with van der Waals surface area (Å²) >= 11 is 1.47. The number of nitrogens with zero attached hydrogens (tertiary/aromatic N) is 1. The fourth-order valence-corrected chi connectivity index (χ4v) is 3.95. The van der Waals surface area contributed by atoms with E-state index in [0.29, 0.717) is 17.9 Å². The minimum absolute atomic E-state index is 0.0689. The van der Waals surface area contributed by atoms with Gasteiger partial charge in [-0.15, -0.1) is 11.8 Å². The van der Waals surface area contributed by atoms with Crippen LogP contribution in [0.4, 0.5) is 10.1 Å². The molecule has 0 radical (unpaired) electrons. The van der Waals surface area contributed by atoms with Crippen molar-refractivity contribution in [3.05, 3.63) is 82.9 Å². The zero-order valence-corrected chi connectivity index (χ0v) is 17.5. The number of nitrogens with one attached hydrogen (secondary N) is 1. The molecule has 3 rings (SSSR count). The van der Waals surface area contributed by atoms with E-state index in [4.69, 9.17) is 0 Å². The molecule has 6 heteroatoms. The van der Waals surface area contributed by atoms with Gasteiger partial charge in [0.25, 0.3) is 0 Å². The van der Waals surface area contributed by atoms with E-state index >= 15 is 0 Å². The average molecular weight is 411 g/mol. The van der Waals surface area contributed by atoms with Crippen molar-refractivity contribution in [2.75, 3.05) is 11.1 Å². The first-order chi connectivity index (χ1) is 13.8. The molecule has 0 saturated heterocycles. The smallest absolute Gasteiger partial charge is 0.221 e. The summed E-state index contributed by atoms with van der Waals surface area (Å²) in [4.78, 5) is 24.8. The molecule has 2 aromatic carbocycles. The van der Waals surface area contributed by atoms with Crippen molar-refractivity contribution in [3.63, 3.8) is 0 Å². The molecule has 0 saturated carbocycles. The Morgan fingerprint density at radius 3 is 2.31 bits per heavy atom. The summed E-state index contributed by atoms with van der Waals surface area (Å²) in [5.41, 5.74) is 4.35. The number of hydrogen-bond donors (Lipinski definition) is 1. The molecule has 1 aromatic heterocycles. The number of aromatic nitrogens is 1. The molecule has 150 valence electrons. The third-order valence-electron chi connectivity index (χ3n) is 4.67. The fraction of sp³-hybridized carbons (Fsp3) is 0.217. The molecule has 0 unspecified atom stereocenters. The lowest BCUT2D eigenvalue weighted by atomic mass is 10.2. The summed E-state index contributed by atoms with van der Waals surface area (Å²) in [6, 6.07) is 15.8. The predicted molar refractivity (Wildman–Crippen MR) is 115 cm³/mol. The number of ketones is 1. The van der Waals surface area contributed by atoms with Crippen LogP contribution in [0.1, 0.15) is 34.2 Å². The monoisotopic (exact) mass is 410 g/mol. The molecule has 4 nitrogen and oxygen atoms in total. The zero-order chi connectivity index (χ0) is 21.0. The van der Waals surface area contributed by atoms with Crippen molar-refractivity contribution in [2.45, 2.75) is 32.2 Å². The number of benzene rings is 2. The van der Waals surface area contributed by atoms with E-state index in [1.807, 2.05) is 44.2 Å². The summed E-state index contributed by atoms with van der Waals surface area (Å²) in [6.45, 7) is 5.98. The van der Waals surface area contributed by atoms with Gasteiger partial charge in [0, 0.05) is 41.0 Å². The van der Waals surface area contributed by atoms with Crippen LogP contribution < -0.4 is 5.32 Å². The van der Waals surface area contributed by atoms with Crippen LogP contribution in [-0.4, -0.2) is 22.0 Å². The summed E-state index contributed by atoms with van der Waals surface area (Å²) in [7, 11) is 0. The Balaban J connectivity index is 1.66. The van der Waals surface area contributed by atoms with Crippen LogP contribution in [0.3, 0.4) is 0 Å². The van der Waals surface area contributed by atoms with Gasteiger partial charge in [-0.25, -0.2) is 4.39 Å². The SMILES string of the molecule is CC(=O)Nc1ccc(SCC(=O)c2cc(C)n(Cc3ccc(F)cc3)c2C)cc1. The van der Waals surface area contributed by atoms with E-state index in [1.54, 1.807) is 12.1 Å². The topological polar surface area (TPSA) is 51.1 Å². The van der Waals surface area contributed by atoms with Gasteiger partial charge in [0.05, 0.1) is 5.75 Å². The maximum atomic E-state index is 13.1. The molecule has 0 spiro atoms. The number of amides is 1. The molecule has 3 aromatic rings. The van der Waals surface area contributed by atoms with Crippen molar-refractivity contribution in [3.8, 4) is 0 Å². The molecule has 1 amide bonds. The minimum atomic E-state index is -0.257. The molecule has 29 heavy (non-hydrogen) atoms. The number of carbonyl (C=O) groups excluding carboxylic acids is 2. The second-order valence-corrected chi connectivity index (χ2v) is 7.96. The molecular weight excluding hydrogens is 387 g/mol. The Morgan fingerprint density at radius 1 is 1.03 bits per heavy atom. The lowest BCUT2D eigenvalue weighted by Crippen LogP contribution is -2.07. The normalized spacial score (nSPS) is 10.8. The number of Topliss-reactive ketones (excluding diaryl/α,β-unsaturated/α-hetero) is 1. The van der Waals surface area contributed by atoms with Crippen molar-refractivity contribution < 1.29 is 14.0 Å². The summed E-state index contributed by atoms with van der Waals surface area (Å²) in [5, 5.41) is 2.72. The van der Waals surface area contributed by atoms with Gasteiger partial charge in [-0.3, -0.25) is 9.59 Å². The second kappa shape index (κ2) is 9.09. The number of halogens is 1. The fourth-order valence-electron chi connectivity index (χ4n) is 3.16. The molecular formula is C23H23FN2O2S. The van der Waals surface area contributed by atoms with Gasteiger partial charge in [-0.1, -0.05) is 12.1 Å². The maximum absolute atomic E-state index is 13.1. The summed E-state index contributed by atoms with van der Waals surface area (Å²) in [6.07, 6.45) is 0. The molecule has 0 atom stereocenters.